The van der Waals surface area contributed by atoms with Crippen molar-refractivity contribution >= 4 is 10.9 Å². The van der Waals surface area contributed by atoms with E-state index in [2.05, 4.69) is 118 Å². The molecule has 7 aliphatic carbocycles. The van der Waals surface area contributed by atoms with Gasteiger partial charge in [0.2, 0.25) is 0 Å². The average molecular weight is 756 g/mol. The highest BCUT2D eigenvalue weighted by Crippen LogP contribution is 2.55. The second kappa shape index (κ2) is 14.3. The Morgan fingerprint density at radius 3 is 2.67 bits per heavy atom. The highest BCUT2D eigenvalue weighted by Gasteiger charge is 2.49. The van der Waals surface area contributed by atoms with Crippen LogP contribution in [0.25, 0.3) is 10.9 Å². The van der Waals surface area contributed by atoms with E-state index >= 15 is 0 Å². The normalized spacial score (nSPS) is 37.5. The maximum absolute atomic E-state index is 6.41. The monoisotopic (exact) mass is 755 g/mol. The third-order valence-electron chi connectivity index (χ3n) is 16.4. The number of fused-ring (bicyclic) bond motifs is 9. The number of aryl methyl sites for hydroxylation is 1. The summed E-state index contributed by atoms with van der Waals surface area (Å²) in [7, 11) is 0. The van der Waals surface area contributed by atoms with E-state index < -0.39 is 0 Å². The van der Waals surface area contributed by atoms with Crippen molar-refractivity contribution in [3.05, 3.63) is 143 Å². The van der Waals surface area contributed by atoms with Crippen molar-refractivity contribution < 1.29 is 4.74 Å². The molecule has 0 amide bonds. The number of benzene rings is 1. The van der Waals surface area contributed by atoms with Gasteiger partial charge >= 0.3 is 0 Å². The topological polar surface area (TPSA) is 29.4 Å². The van der Waals surface area contributed by atoms with Gasteiger partial charge in [-0.3, -0.25) is 0 Å². The van der Waals surface area contributed by atoms with Crippen molar-refractivity contribution in [3.8, 4) is 0 Å². The zero-order valence-electron chi connectivity index (χ0n) is 33.8. The molecule has 0 bridgehead atoms. The van der Waals surface area contributed by atoms with Crippen LogP contribution in [0.5, 0.6) is 0 Å². The quantitative estimate of drug-likeness (QED) is 0.308. The molecule has 12 rings (SSSR count). The molecule has 10 aliphatic rings. The Morgan fingerprint density at radius 2 is 1.74 bits per heavy atom. The summed E-state index contributed by atoms with van der Waals surface area (Å²) in [6, 6.07) is 8.71. The highest BCUT2D eigenvalue weighted by atomic mass is 16.5. The minimum absolute atomic E-state index is 0.157. The standard InChI is InChI=1S/C53H61N3O/c1-2-10-34(11-3-1)38-28-39(35-24-26-54-27-25-35)30-41(29-38)56-49-16-8-5-13-43(49)46-32-37(19-22-51(46)56)36-18-21-50-45(31-36)42-12-4-7-15-48(42)55(50)40-20-23-53-47(33-40)44-14-6-9-17-52(44)57-53/h2,5-6,9-10,13-14,17-18,21-24,26,29,31,33-35,37-40,43-44,46,49,52,54H,1,3-4,7-8,11-12,15-16,19-20,25,27-28,30,32H2. The van der Waals surface area contributed by atoms with Gasteiger partial charge in [-0.15, -0.1) is 0 Å². The summed E-state index contributed by atoms with van der Waals surface area (Å²) in [6.07, 6.45) is 53.5. The molecule has 4 heterocycles. The van der Waals surface area contributed by atoms with E-state index in [1.165, 1.54) is 94.6 Å². The third-order valence-corrected chi connectivity index (χ3v) is 16.4. The summed E-state index contributed by atoms with van der Waals surface area (Å²) in [5.74, 6) is 6.12. The average Bonchev–Trinajstić information content (AvgIpc) is 3.94. The lowest BCUT2D eigenvalue weighted by atomic mass is 9.70. The largest absolute Gasteiger partial charge is 0.485 e. The van der Waals surface area contributed by atoms with Crippen molar-refractivity contribution in [2.75, 3.05) is 6.54 Å². The Morgan fingerprint density at radius 1 is 0.789 bits per heavy atom. The smallest absolute Gasteiger partial charge is 0.128 e. The fraction of sp³-hybridized carbons (Fsp3) is 0.509. The van der Waals surface area contributed by atoms with E-state index in [1.54, 1.807) is 33.6 Å². The van der Waals surface area contributed by atoms with Crippen molar-refractivity contribution in [2.24, 2.45) is 41.4 Å². The van der Waals surface area contributed by atoms with Crippen LogP contribution in [0.2, 0.25) is 0 Å². The second-order valence-corrected chi connectivity index (χ2v) is 19.4. The Labute approximate surface area is 340 Å². The Kier molecular flexibility index (Phi) is 8.72. The van der Waals surface area contributed by atoms with E-state index in [-0.39, 0.29) is 6.10 Å². The van der Waals surface area contributed by atoms with Gasteiger partial charge in [-0.25, -0.2) is 0 Å². The molecule has 0 radical (unpaired) electrons. The molecule has 0 spiro atoms. The summed E-state index contributed by atoms with van der Waals surface area (Å²) < 4.78 is 9.16. The second-order valence-electron chi connectivity index (χ2n) is 19.4. The third kappa shape index (κ3) is 5.89. The minimum Gasteiger partial charge on any atom is -0.485 e. The Bertz CT molecular complexity index is 2220. The first-order valence-corrected chi connectivity index (χ1v) is 23.3. The van der Waals surface area contributed by atoms with Crippen molar-refractivity contribution in [3.63, 3.8) is 0 Å². The lowest BCUT2D eigenvalue weighted by molar-refractivity contribution is 0.183. The van der Waals surface area contributed by atoms with E-state index in [1.807, 2.05) is 0 Å². The predicted molar refractivity (Wildman–Crippen MR) is 232 cm³/mol. The van der Waals surface area contributed by atoms with Crippen LogP contribution in [0.3, 0.4) is 0 Å². The number of hydrogen-bond acceptors (Lipinski definition) is 3. The Hall–Kier alpha value is -4.18. The number of likely N-dealkylation sites (tertiary alicyclic amines) is 1. The first-order valence-electron chi connectivity index (χ1n) is 23.3. The molecule has 3 aliphatic heterocycles. The van der Waals surface area contributed by atoms with Crippen LogP contribution in [0.15, 0.2) is 126 Å². The number of hydrogen-bond donors (Lipinski definition) is 1. The molecule has 1 aromatic carbocycles. The summed E-state index contributed by atoms with van der Waals surface area (Å²) in [6.45, 7) is 1.13. The van der Waals surface area contributed by atoms with Gasteiger partial charge in [0.1, 0.15) is 11.9 Å². The van der Waals surface area contributed by atoms with Crippen molar-refractivity contribution in [1.82, 2.24) is 14.8 Å². The molecule has 1 N–H and O–H groups in total. The van der Waals surface area contributed by atoms with Crippen LogP contribution < -0.4 is 5.32 Å². The van der Waals surface area contributed by atoms with Crippen LogP contribution in [0.4, 0.5) is 0 Å². The molecule has 11 unspecified atom stereocenters. The van der Waals surface area contributed by atoms with Gasteiger partial charge in [-0.2, -0.15) is 0 Å². The lowest BCUT2D eigenvalue weighted by Gasteiger charge is -2.42. The van der Waals surface area contributed by atoms with Crippen LogP contribution in [-0.4, -0.2) is 28.2 Å². The minimum atomic E-state index is 0.157. The number of allylic oxidation sites excluding steroid dienone is 13. The molecule has 294 valence electrons. The number of ether oxygens (including phenoxy) is 1. The van der Waals surface area contributed by atoms with E-state index in [9.17, 15) is 0 Å². The highest BCUT2D eigenvalue weighted by molar-refractivity contribution is 5.87. The zero-order chi connectivity index (χ0) is 37.5. The summed E-state index contributed by atoms with van der Waals surface area (Å²) >= 11 is 0. The fourth-order valence-corrected chi connectivity index (χ4v) is 13.7. The number of nitrogens with zero attached hydrogens (tertiary/aromatic N) is 2. The van der Waals surface area contributed by atoms with Crippen LogP contribution >= 0.6 is 0 Å². The van der Waals surface area contributed by atoms with Crippen LogP contribution in [0, 0.1) is 41.4 Å². The van der Waals surface area contributed by atoms with Crippen LogP contribution in [-0.2, 0) is 17.6 Å². The Balaban J connectivity index is 0.870. The van der Waals surface area contributed by atoms with E-state index in [0.29, 0.717) is 53.5 Å². The van der Waals surface area contributed by atoms with Gasteiger partial charge in [-0.1, -0.05) is 72.9 Å². The predicted octanol–water partition coefficient (Wildman–Crippen LogP) is 11.8. The summed E-state index contributed by atoms with van der Waals surface area (Å²) in [5.41, 5.74) is 11.0. The molecule has 0 saturated carbocycles. The molecule has 11 atom stereocenters. The molecular formula is C53H61N3O. The molecular weight excluding hydrogens is 695 g/mol. The molecule has 1 aromatic heterocycles. The SMILES string of the molecule is C1=CC2OC3=CCC(n4c5c(c6cc(C7CC=C8C(C7)C7C=CCCC7N8C7=CC(C8C=CCCC8)CC(C8C=CNCC8)C7)ccc64)CCCC5)C=C3C2C=C1. The molecule has 4 heteroatoms. The maximum Gasteiger partial charge on any atom is 0.128 e. The first kappa shape index (κ1) is 34.8. The number of nitrogens with one attached hydrogen (secondary N) is 1. The van der Waals surface area contributed by atoms with Gasteiger partial charge in [0.05, 0.1) is 6.04 Å². The van der Waals surface area contributed by atoms with Gasteiger partial charge in [0, 0.05) is 63.9 Å². The molecule has 4 nitrogen and oxygen atoms in total. The lowest BCUT2D eigenvalue weighted by Crippen LogP contribution is -2.37. The van der Waals surface area contributed by atoms with Gasteiger partial charge in [0.15, 0.2) is 0 Å². The molecule has 2 aromatic rings. The number of rotatable bonds is 5. The van der Waals surface area contributed by atoms with Gasteiger partial charge in [0.25, 0.3) is 0 Å². The first-order chi connectivity index (χ1) is 28.2. The summed E-state index contributed by atoms with van der Waals surface area (Å²) in [5, 5.41) is 5.04. The fourth-order valence-electron chi connectivity index (χ4n) is 13.7. The summed E-state index contributed by atoms with van der Waals surface area (Å²) in [4.78, 5) is 2.97. The molecule has 57 heavy (non-hydrogen) atoms. The van der Waals surface area contributed by atoms with Gasteiger partial charge < -0.3 is 19.5 Å². The van der Waals surface area contributed by atoms with Gasteiger partial charge in [-0.05, 0) is 168 Å². The number of aromatic nitrogens is 1. The maximum atomic E-state index is 6.41. The van der Waals surface area contributed by atoms with Crippen LogP contribution in [0.1, 0.15) is 112 Å². The van der Waals surface area contributed by atoms with Crippen molar-refractivity contribution in [2.45, 2.75) is 120 Å². The molecule has 2 saturated heterocycles. The van der Waals surface area contributed by atoms with E-state index in [4.69, 9.17) is 4.74 Å². The van der Waals surface area contributed by atoms with E-state index in [0.717, 1.165) is 31.1 Å². The zero-order valence-corrected chi connectivity index (χ0v) is 33.8. The van der Waals surface area contributed by atoms with Crippen molar-refractivity contribution in [1.29, 1.82) is 0 Å². The molecule has 2 fully saturated rings.